The zero-order valence-corrected chi connectivity index (χ0v) is 13.8. The molecule has 0 amide bonds. The number of rotatable bonds is 3. The molecule has 0 aliphatic rings. The summed E-state index contributed by atoms with van der Waals surface area (Å²) in [7, 11) is 0. The quantitative estimate of drug-likeness (QED) is 0.560. The average Bonchev–Trinajstić information content (AvgIpc) is 3.05. The summed E-state index contributed by atoms with van der Waals surface area (Å²) < 4.78 is 16.4. The van der Waals surface area contributed by atoms with Gasteiger partial charge in [0, 0.05) is 11.5 Å². The lowest BCUT2D eigenvalue weighted by Gasteiger charge is -2.08. The van der Waals surface area contributed by atoms with E-state index in [1.807, 2.05) is 18.2 Å². The highest BCUT2D eigenvalue weighted by molar-refractivity contribution is 5.98. The van der Waals surface area contributed by atoms with Crippen LogP contribution in [0.5, 0.6) is 5.75 Å². The fourth-order valence-electron chi connectivity index (χ4n) is 2.85. The van der Waals surface area contributed by atoms with Crippen LogP contribution >= 0.6 is 0 Å². The smallest absolute Gasteiger partial charge is 0.375 e. The molecule has 4 aromatic rings. The molecule has 0 aliphatic heterocycles. The van der Waals surface area contributed by atoms with Crippen LogP contribution in [-0.2, 0) is 4.74 Å². The number of benzene rings is 2. The Morgan fingerprint density at radius 1 is 1.08 bits per heavy atom. The van der Waals surface area contributed by atoms with Gasteiger partial charge in [0.2, 0.25) is 11.2 Å². The first-order valence-electron chi connectivity index (χ1n) is 8.04. The first kappa shape index (κ1) is 16.0. The van der Waals surface area contributed by atoms with Gasteiger partial charge in [-0.15, -0.1) is 0 Å². The largest absolute Gasteiger partial charge is 0.508 e. The van der Waals surface area contributed by atoms with Gasteiger partial charge in [0.1, 0.15) is 28.2 Å². The predicted octanol–water partition coefficient (Wildman–Crippen LogP) is 4.09. The number of ether oxygens (including phenoxy) is 1. The first-order valence-corrected chi connectivity index (χ1v) is 8.04. The van der Waals surface area contributed by atoms with Crippen LogP contribution in [0.2, 0.25) is 0 Å². The van der Waals surface area contributed by atoms with Gasteiger partial charge in [0.15, 0.2) is 0 Å². The van der Waals surface area contributed by atoms with Crippen molar-refractivity contribution in [3.05, 3.63) is 64.5 Å². The minimum Gasteiger partial charge on any atom is -0.508 e. The van der Waals surface area contributed by atoms with Crippen molar-refractivity contribution in [3.8, 4) is 17.1 Å². The minimum atomic E-state index is -0.773. The van der Waals surface area contributed by atoms with E-state index in [4.69, 9.17) is 13.6 Å². The molecule has 26 heavy (non-hydrogen) atoms. The second-order valence-electron chi connectivity index (χ2n) is 5.68. The number of phenolic OH excluding ortho intramolecular Hbond substituents is 1. The summed E-state index contributed by atoms with van der Waals surface area (Å²) in [6, 6.07) is 13.0. The lowest BCUT2D eigenvalue weighted by atomic mass is 10.1. The Labute approximate surface area is 147 Å². The maximum absolute atomic E-state index is 13.0. The number of para-hydroxylation sites is 1. The van der Waals surface area contributed by atoms with Gasteiger partial charge in [-0.3, -0.25) is 4.79 Å². The van der Waals surface area contributed by atoms with Gasteiger partial charge >= 0.3 is 5.97 Å². The van der Waals surface area contributed by atoms with Crippen LogP contribution < -0.4 is 5.43 Å². The number of aromatic hydroxyl groups is 1. The second kappa shape index (κ2) is 6.07. The standard InChI is InChI=1S/C20H14O6/c1-2-24-20(23)19-17(16-9-11-5-3-4-6-14(11)25-16)18(22)13-8-7-12(21)10-15(13)26-19/h3-10,21H,2H2,1H3. The summed E-state index contributed by atoms with van der Waals surface area (Å²) in [6.45, 7) is 1.78. The molecule has 0 saturated carbocycles. The summed E-state index contributed by atoms with van der Waals surface area (Å²) in [4.78, 5) is 25.4. The summed E-state index contributed by atoms with van der Waals surface area (Å²) in [5.74, 6) is -0.885. The van der Waals surface area contributed by atoms with Crippen LogP contribution in [0, 0.1) is 0 Å². The molecule has 2 aromatic carbocycles. The van der Waals surface area contributed by atoms with Gasteiger partial charge in [-0.1, -0.05) is 18.2 Å². The third-order valence-corrected chi connectivity index (χ3v) is 4.01. The molecule has 0 fully saturated rings. The molecule has 0 radical (unpaired) electrons. The van der Waals surface area contributed by atoms with E-state index in [1.165, 1.54) is 18.2 Å². The summed E-state index contributed by atoms with van der Waals surface area (Å²) >= 11 is 0. The molecule has 2 heterocycles. The SMILES string of the molecule is CCOC(=O)c1oc2cc(O)ccc2c(=O)c1-c1cc2ccccc2o1. The van der Waals surface area contributed by atoms with Crippen molar-refractivity contribution in [2.45, 2.75) is 6.92 Å². The van der Waals surface area contributed by atoms with Crippen LogP contribution in [0.15, 0.2) is 62.2 Å². The Morgan fingerprint density at radius 3 is 2.65 bits per heavy atom. The maximum atomic E-state index is 13.0. The first-order chi connectivity index (χ1) is 12.6. The number of esters is 1. The topological polar surface area (TPSA) is 89.9 Å². The third-order valence-electron chi connectivity index (χ3n) is 4.01. The Morgan fingerprint density at radius 2 is 1.88 bits per heavy atom. The Kier molecular flexibility index (Phi) is 3.73. The molecule has 6 heteroatoms. The van der Waals surface area contributed by atoms with Crippen molar-refractivity contribution in [1.82, 2.24) is 0 Å². The Bertz CT molecular complexity index is 1170. The highest BCUT2D eigenvalue weighted by Crippen LogP contribution is 2.31. The van der Waals surface area contributed by atoms with Gasteiger partial charge in [0.05, 0.1) is 12.0 Å². The summed E-state index contributed by atoms with van der Waals surface area (Å²) in [5.41, 5.74) is 0.242. The molecular weight excluding hydrogens is 336 g/mol. The van der Waals surface area contributed by atoms with E-state index in [1.54, 1.807) is 19.1 Å². The third kappa shape index (κ3) is 2.52. The fraction of sp³-hybridized carbons (Fsp3) is 0.100. The van der Waals surface area contributed by atoms with Gasteiger partial charge in [-0.25, -0.2) is 4.79 Å². The van der Waals surface area contributed by atoms with E-state index in [2.05, 4.69) is 0 Å². The number of furan rings is 1. The zero-order chi connectivity index (χ0) is 18.3. The fourth-order valence-corrected chi connectivity index (χ4v) is 2.85. The molecule has 0 bridgehead atoms. The van der Waals surface area contributed by atoms with Crippen molar-refractivity contribution in [2.24, 2.45) is 0 Å². The molecule has 0 unspecified atom stereocenters. The van der Waals surface area contributed by atoms with E-state index < -0.39 is 11.4 Å². The summed E-state index contributed by atoms with van der Waals surface area (Å²) in [6.07, 6.45) is 0. The van der Waals surface area contributed by atoms with Crippen molar-refractivity contribution < 1.29 is 23.5 Å². The lowest BCUT2D eigenvalue weighted by molar-refractivity contribution is 0.0491. The molecule has 130 valence electrons. The van der Waals surface area contributed by atoms with E-state index >= 15 is 0 Å². The maximum Gasteiger partial charge on any atom is 0.375 e. The van der Waals surface area contributed by atoms with E-state index in [0.717, 1.165) is 5.39 Å². The Balaban J connectivity index is 2.06. The molecule has 4 rings (SSSR count). The molecule has 0 saturated heterocycles. The molecule has 2 aromatic heterocycles. The molecular formula is C20H14O6. The van der Waals surface area contributed by atoms with Crippen LogP contribution in [0.4, 0.5) is 0 Å². The molecule has 1 N–H and O–H groups in total. The normalized spacial score (nSPS) is 11.1. The van der Waals surface area contributed by atoms with E-state index in [9.17, 15) is 14.7 Å². The van der Waals surface area contributed by atoms with Gasteiger partial charge < -0.3 is 18.7 Å². The monoisotopic (exact) mass is 350 g/mol. The van der Waals surface area contributed by atoms with E-state index in [-0.39, 0.29) is 40.4 Å². The molecule has 6 nitrogen and oxygen atoms in total. The second-order valence-corrected chi connectivity index (χ2v) is 5.68. The predicted molar refractivity (Wildman–Crippen MR) is 95.3 cm³/mol. The Hall–Kier alpha value is -3.54. The van der Waals surface area contributed by atoms with Gasteiger partial charge in [0.25, 0.3) is 0 Å². The van der Waals surface area contributed by atoms with Crippen molar-refractivity contribution in [3.63, 3.8) is 0 Å². The number of carbonyl (C=O) groups is 1. The minimum absolute atomic E-state index is 0.00200. The van der Waals surface area contributed by atoms with Crippen LogP contribution in [0.3, 0.4) is 0 Å². The molecule has 0 atom stereocenters. The van der Waals surface area contributed by atoms with Crippen molar-refractivity contribution in [2.75, 3.05) is 6.61 Å². The highest BCUT2D eigenvalue weighted by Gasteiger charge is 2.25. The van der Waals surface area contributed by atoms with Gasteiger partial charge in [-0.2, -0.15) is 0 Å². The summed E-state index contributed by atoms with van der Waals surface area (Å²) in [5, 5.41) is 10.7. The van der Waals surface area contributed by atoms with Crippen LogP contribution in [-0.4, -0.2) is 17.7 Å². The molecule has 0 spiro atoms. The zero-order valence-electron chi connectivity index (χ0n) is 13.8. The average molecular weight is 350 g/mol. The molecule has 0 aliphatic carbocycles. The number of carbonyl (C=O) groups excluding carboxylic acids is 1. The number of fused-ring (bicyclic) bond motifs is 2. The highest BCUT2D eigenvalue weighted by atomic mass is 16.5. The number of hydrogen-bond acceptors (Lipinski definition) is 6. The van der Waals surface area contributed by atoms with E-state index in [0.29, 0.717) is 5.58 Å². The number of phenols is 1. The van der Waals surface area contributed by atoms with Gasteiger partial charge in [-0.05, 0) is 31.2 Å². The van der Waals surface area contributed by atoms with Crippen LogP contribution in [0.1, 0.15) is 17.5 Å². The van der Waals surface area contributed by atoms with Crippen molar-refractivity contribution in [1.29, 1.82) is 0 Å². The van der Waals surface area contributed by atoms with Crippen molar-refractivity contribution >= 4 is 27.9 Å². The van der Waals surface area contributed by atoms with Crippen LogP contribution in [0.25, 0.3) is 33.3 Å². The lowest BCUT2D eigenvalue weighted by Crippen LogP contribution is -2.14. The number of hydrogen-bond donors (Lipinski definition) is 1.